The molecule has 7 aromatic rings. The van der Waals surface area contributed by atoms with Crippen molar-refractivity contribution >= 4 is 71.1 Å². The molecular weight excluding hydrogens is 1070 g/mol. The summed E-state index contributed by atoms with van der Waals surface area (Å²) in [5, 5.41) is 9.78. The topological polar surface area (TPSA) is 178 Å². The zero-order valence-electron chi connectivity index (χ0n) is 40.4. The van der Waals surface area contributed by atoms with Crippen LogP contribution in [0.15, 0.2) is 122 Å². The van der Waals surface area contributed by atoms with E-state index < -0.39 is 5.97 Å². The minimum Gasteiger partial charge on any atom is -0.478 e. The van der Waals surface area contributed by atoms with Gasteiger partial charge in [0.1, 0.15) is 29.1 Å². The Morgan fingerprint density at radius 3 is 1.67 bits per heavy atom. The van der Waals surface area contributed by atoms with Crippen LogP contribution in [0.4, 0.5) is 14.5 Å². The van der Waals surface area contributed by atoms with Crippen molar-refractivity contribution in [1.82, 2.24) is 19.1 Å². The largest absolute Gasteiger partial charge is 0.478 e. The number of ether oxygens (including phenoxy) is 3. The molecule has 5 aromatic carbocycles. The lowest BCUT2D eigenvalue weighted by molar-refractivity contribution is -0.122. The van der Waals surface area contributed by atoms with Gasteiger partial charge in [-0.2, -0.15) is 0 Å². The Balaban J connectivity index is 0.000000160. The van der Waals surface area contributed by atoms with Crippen LogP contribution in [0.5, 0.6) is 0 Å². The smallest absolute Gasteiger partial charge is 0.337 e. The average Bonchev–Trinajstić information content (AvgIpc) is 4.23. The number of carbonyl (C=O) groups is 2. The molecule has 10 rings (SSSR count). The van der Waals surface area contributed by atoms with Crippen LogP contribution in [0.25, 0.3) is 21.8 Å². The lowest BCUT2D eigenvalue weighted by Gasteiger charge is -2.13. The molecule has 3 fully saturated rings. The number of carboxylic acids is 1. The van der Waals surface area contributed by atoms with Crippen LogP contribution in [-0.2, 0) is 33.1 Å². The first kappa shape index (κ1) is 55.5. The van der Waals surface area contributed by atoms with Crippen molar-refractivity contribution in [2.24, 2.45) is 20.0 Å². The van der Waals surface area contributed by atoms with Gasteiger partial charge in [-0.1, -0.05) is 68.7 Å². The second-order valence-corrected chi connectivity index (χ2v) is 18.8. The van der Waals surface area contributed by atoms with Gasteiger partial charge >= 0.3 is 5.97 Å². The first-order valence-corrected chi connectivity index (χ1v) is 24.9. The highest BCUT2D eigenvalue weighted by molar-refractivity contribution is 9.10. The first-order valence-electron chi connectivity index (χ1n) is 23.3. The molecule has 0 saturated carbocycles. The zero-order chi connectivity index (χ0) is 52.6. The second-order valence-electron chi connectivity index (χ2n) is 17.0. The quantitative estimate of drug-likeness (QED) is 0.124. The maximum atomic E-state index is 13.3. The Kier molecular flexibility index (Phi) is 20.3. The van der Waals surface area contributed by atoms with E-state index in [0.29, 0.717) is 66.0 Å². The second kappa shape index (κ2) is 26.7. The molecule has 378 valence electrons. The Labute approximate surface area is 438 Å². The van der Waals surface area contributed by atoms with E-state index >= 15 is 0 Å². The molecule has 3 unspecified atom stereocenters. The van der Waals surface area contributed by atoms with Crippen molar-refractivity contribution in [2.75, 3.05) is 45.4 Å². The van der Waals surface area contributed by atoms with Gasteiger partial charge in [-0.3, -0.25) is 23.5 Å². The lowest BCUT2D eigenvalue weighted by atomic mass is 10.0. The number of aromatic nitrogens is 4. The van der Waals surface area contributed by atoms with E-state index in [1.54, 1.807) is 71.8 Å². The third-order valence-electron chi connectivity index (χ3n) is 11.9. The Morgan fingerprint density at radius 2 is 1.19 bits per heavy atom. The minimum atomic E-state index is -1.00. The van der Waals surface area contributed by atoms with Gasteiger partial charge in [0.25, 0.3) is 11.1 Å². The highest BCUT2D eigenvalue weighted by atomic mass is 79.9. The molecule has 17 heteroatoms. The number of terminal acetylenes is 1. The number of hydrogen-bond donors (Lipinski definition) is 2. The van der Waals surface area contributed by atoms with Crippen molar-refractivity contribution in [3.63, 3.8) is 0 Å². The van der Waals surface area contributed by atoms with E-state index in [1.807, 2.05) is 31.2 Å². The Hall–Kier alpha value is -6.86. The number of nitrogen functional groups attached to an aromatic ring is 1. The van der Waals surface area contributed by atoms with E-state index in [0.717, 1.165) is 64.2 Å². The number of Topliss-reactive ketones (excluding diaryl/α,β-unsaturated/α-hetero) is 1. The molecule has 13 nitrogen and oxygen atoms in total. The van der Waals surface area contributed by atoms with Crippen LogP contribution >= 0.6 is 31.9 Å². The number of nitrogens with two attached hydrogens (primary N) is 1. The van der Waals surface area contributed by atoms with Gasteiger partial charge in [0.05, 0.1) is 47.2 Å². The van der Waals surface area contributed by atoms with Gasteiger partial charge in [0, 0.05) is 89.4 Å². The fourth-order valence-electron chi connectivity index (χ4n) is 7.93. The van der Waals surface area contributed by atoms with Crippen molar-refractivity contribution in [3.8, 4) is 24.2 Å². The maximum Gasteiger partial charge on any atom is 0.337 e. The van der Waals surface area contributed by atoms with Gasteiger partial charge in [0.15, 0.2) is 0 Å². The molecule has 3 N–H and O–H groups in total. The molecule has 73 heavy (non-hydrogen) atoms. The Bertz CT molecular complexity index is 3330. The van der Waals surface area contributed by atoms with Crippen molar-refractivity contribution < 1.29 is 37.7 Å². The molecule has 0 aliphatic carbocycles. The summed E-state index contributed by atoms with van der Waals surface area (Å²) in [6, 6.07) is 27.7. The van der Waals surface area contributed by atoms with E-state index in [9.17, 15) is 28.0 Å². The van der Waals surface area contributed by atoms with Crippen LogP contribution in [-0.4, -0.2) is 75.6 Å². The maximum absolute atomic E-state index is 13.3. The molecule has 3 aliphatic rings. The molecule has 3 aliphatic heterocycles. The van der Waals surface area contributed by atoms with Crippen LogP contribution < -0.4 is 16.9 Å². The molecule has 0 radical (unpaired) electrons. The molecular formula is C56H53Br2F2N5O8. The standard InChI is InChI=1S/C21H17FN2O2.C13H13BrN2O2.C8H5F.C7H6BrNO2.C7H12O2/c1-24-20(16-9-10-26-13-16)23-19-12-15(7-8-18(19)21(24)25)6-5-14-3-2-4-17(22)11-14;1-16-12(8-4-5-18-7-8)15-11-6-9(14)2-3-10(11)13(16)17;1-2-7-4-3-5-8(9)6-7;8-4-1-2-5(7(10)11)6(9)3-4;1-2-7(8)6-3-4-9-5-6/h2-4,7-8,11-12,16H,9-10,13H2,1H3;2-3,6,8H,4-5,7H2,1H3;1,3-6H;1-3H,9H2,(H,10,11);6H,2-5H2,1H3. The van der Waals surface area contributed by atoms with Gasteiger partial charge in [-0.15, -0.1) is 6.42 Å². The highest BCUT2D eigenvalue weighted by Crippen LogP contribution is 2.26. The monoisotopic (exact) mass is 1120 g/mol. The fourth-order valence-corrected chi connectivity index (χ4v) is 8.66. The van der Waals surface area contributed by atoms with Crippen LogP contribution in [0.3, 0.4) is 0 Å². The predicted octanol–water partition coefficient (Wildman–Crippen LogP) is 9.71. The molecule has 0 amide bonds. The molecule has 3 saturated heterocycles. The number of anilines is 1. The van der Waals surface area contributed by atoms with Gasteiger partial charge in [-0.25, -0.2) is 23.5 Å². The summed E-state index contributed by atoms with van der Waals surface area (Å²) in [6.07, 6.45) is 8.40. The number of hydrogen-bond acceptors (Lipinski definition) is 10. The zero-order valence-corrected chi connectivity index (χ0v) is 43.6. The summed E-state index contributed by atoms with van der Waals surface area (Å²) in [7, 11) is 3.53. The highest BCUT2D eigenvalue weighted by Gasteiger charge is 2.25. The van der Waals surface area contributed by atoms with E-state index in [-0.39, 0.29) is 51.8 Å². The minimum absolute atomic E-state index is 0.00870. The first-order chi connectivity index (χ1) is 35.1. The van der Waals surface area contributed by atoms with E-state index in [1.165, 1.54) is 30.3 Å². The van der Waals surface area contributed by atoms with Gasteiger partial charge < -0.3 is 25.1 Å². The number of rotatable bonds is 5. The summed E-state index contributed by atoms with van der Waals surface area (Å²) in [5.74, 6) is 9.18. The number of carboxylic acid groups (broad SMARTS) is 1. The summed E-state index contributed by atoms with van der Waals surface area (Å²) in [6.45, 7) is 6.02. The number of nitrogens with zero attached hydrogens (tertiary/aromatic N) is 4. The van der Waals surface area contributed by atoms with E-state index in [2.05, 4.69) is 54.6 Å². The average molecular weight is 1120 g/mol. The number of carbonyl (C=O) groups excluding carboxylic acids is 1. The van der Waals surface area contributed by atoms with Gasteiger partial charge in [-0.05, 0) is 110 Å². The molecule has 5 heterocycles. The van der Waals surface area contributed by atoms with Crippen LogP contribution in [0.2, 0.25) is 0 Å². The summed E-state index contributed by atoms with van der Waals surface area (Å²) in [5.41, 5.74) is 9.04. The number of aromatic carboxylic acids is 1. The van der Waals surface area contributed by atoms with Crippen LogP contribution in [0, 0.1) is 41.7 Å². The lowest BCUT2D eigenvalue weighted by Crippen LogP contribution is -2.24. The molecule has 0 spiro atoms. The van der Waals surface area contributed by atoms with E-state index in [4.69, 9.17) is 36.5 Å². The third kappa shape index (κ3) is 15.3. The fraction of sp³-hybridized carbons (Fsp3) is 0.286. The summed E-state index contributed by atoms with van der Waals surface area (Å²) >= 11 is 6.58. The molecule has 3 atom stereocenters. The summed E-state index contributed by atoms with van der Waals surface area (Å²) < 4.78 is 46.3. The molecule has 0 bridgehead atoms. The SMILES string of the molecule is C#Cc1cccc(F)c1.CCC(=O)C1CCOC1.Cn1c(C2CCOC2)nc2cc(Br)ccc2c1=O.Cn1c(C2CCOC2)nc2cc(C#Cc3cccc(F)c3)ccc2c1=O.Nc1cc(Br)ccc1C(=O)O. The van der Waals surface area contributed by atoms with Crippen molar-refractivity contribution in [1.29, 1.82) is 0 Å². The van der Waals surface area contributed by atoms with Crippen LogP contribution in [0.1, 0.15) is 83.1 Å². The predicted molar refractivity (Wildman–Crippen MR) is 284 cm³/mol. The summed E-state index contributed by atoms with van der Waals surface area (Å²) in [4.78, 5) is 55.6. The normalized spacial score (nSPS) is 16.4. The number of ketones is 1. The van der Waals surface area contributed by atoms with Crippen molar-refractivity contribution in [2.45, 2.75) is 44.4 Å². The number of fused-ring (bicyclic) bond motifs is 2. The van der Waals surface area contributed by atoms with Crippen molar-refractivity contribution in [3.05, 3.63) is 178 Å². The van der Waals surface area contributed by atoms with Gasteiger partial charge in [0.2, 0.25) is 0 Å². The third-order valence-corrected chi connectivity index (χ3v) is 12.9. The number of benzene rings is 5. The molecule has 2 aromatic heterocycles. The number of halogens is 4. The Morgan fingerprint density at radius 1 is 0.699 bits per heavy atom.